The first-order chi connectivity index (χ1) is 11.9. The van der Waals surface area contributed by atoms with Crippen LogP contribution in [-0.2, 0) is 0 Å². The third kappa shape index (κ3) is 3.07. The molecule has 0 unspecified atom stereocenters. The van der Waals surface area contributed by atoms with Gasteiger partial charge >= 0.3 is 0 Å². The van der Waals surface area contributed by atoms with Crippen molar-refractivity contribution >= 4 is 34.3 Å². The fraction of sp³-hybridized carbons (Fsp3) is 0. The number of rotatable bonds is 4. The summed E-state index contributed by atoms with van der Waals surface area (Å²) in [4.78, 5) is 25.4. The first-order valence-electron chi connectivity index (χ1n) is 7.21. The lowest BCUT2D eigenvalue weighted by Gasteiger charge is -2.07. The molecule has 4 aromatic rings. The number of nitrogens with zero attached hydrogens (tertiary/aromatic N) is 6. The predicted molar refractivity (Wildman–Crippen MR) is 90.2 cm³/mol. The topological polar surface area (TPSA) is 101 Å². The van der Waals surface area contributed by atoms with Crippen LogP contribution in [0, 0.1) is 0 Å². The zero-order chi connectivity index (χ0) is 16.2. The van der Waals surface area contributed by atoms with E-state index in [1.54, 1.807) is 37.2 Å². The maximum Gasteiger partial charge on any atom is 0.163 e. The standard InChI is InChI=1S/C16H12N8/c1-3-12(21-14-9-17-5-7-19-14)23-16-11(1)2-4-13(24-16)22-15-10-18-6-8-20-15/h1-10H,(H2,19,20,21,22,23,24). The van der Waals surface area contributed by atoms with Crippen molar-refractivity contribution in [2.24, 2.45) is 0 Å². The van der Waals surface area contributed by atoms with Gasteiger partial charge in [-0.25, -0.2) is 19.9 Å². The molecule has 8 heteroatoms. The summed E-state index contributed by atoms with van der Waals surface area (Å²) in [5, 5.41) is 7.13. The first kappa shape index (κ1) is 13.9. The summed E-state index contributed by atoms with van der Waals surface area (Å²) < 4.78 is 0. The molecule has 0 aliphatic heterocycles. The summed E-state index contributed by atoms with van der Waals surface area (Å²) in [5.41, 5.74) is 0.609. The van der Waals surface area contributed by atoms with Crippen LogP contribution in [0.3, 0.4) is 0 Å². The molecule has 116 valence electrons. The van der Waals surface area contributed by atoms with Crippen LogP contribution >= 0.6 is 0 Å². The van der Waals surface area contributed by atoms with Gasteiger partial charge in [0.1, 0.15) is 23.3 Å². The van der Waals surface area contributed by atoms with Crippen LogP contribution in [0.1, 0.15) is 0 Å². The van der Waals surface area contributed by atoms with Crippen LogP contribution in [0.5, 0.6) is 0 Å². The van der Waals surface area contributed by atoms with Crippen LogP contribution in [0.4, 0.5) is 23.3 Å². The molecule has 0 fully saturated rings. The largest absolute Gasteiger partial charge is 0.324 e. The quantitative estimate of drug-likeness (QED) is 0.592. The number of hydrogen-bond acceptors (Lipinski definition) is 8. The molecule has 0 aliphatic carbocycles. The lowest BCUT2D eigenvalue weighted by molar-refractivity contribution is 1.17. The van der Waals surface area contributed by atoms with Crippen molar-refractivity contribution in [3.63, 3.8) is 0 Å². The SMILES string of the molecule is c1cnc(Nc2ccc3ccc(Nc4cnccn4)nc3n2)cn1. The maximum atomic E-state index is 4.51. The summed E-state index contributed by atoms with van der Waals surface area (Å²) in [5.74, 6) is 2.54. The van der Waals surface area contributed by atoms with E-state index in [0.29, 0.717) is 28.9 Å². The predicted octanol–water partition coefficient (Wildman–Crippen LogP) is 2.70. The highest BCUT2D eigenvalue weighted by molar-refractivity contribution is 5.79. The Labute approximate surface area is 137 Å². The number of aromatic nitrogens is 6. The fourth-order valence-corrected chi connectivity index (χ4v) is 2.13. The zero-order valence-electron chi connectivity index (χ0n) is 12.5. The van der Waals surface area contributed by atoms with E-state index in [-0.39, 0.29) is 0 Å². The van der Waals surface area contributed by atoms with Crippen molar-refractivity contribution < 1.29 is 0 Å². The third-order valence-corrected chi connectivity index (χ3v) is 3.19. The molecule has 0 atom stereocenters. The Hall–Kier alpha value is -3.68. The average Bonchev–Trinajstić information content (AvgIpc) is 2.63. The average molecular weight is 316 g/mol. The molecule has 2 N–H and O–H groups in total. The van der Waals surface area contributed by atoms with Gasteiger partial charge in [0.15, 0.2) is 5.65 Å². The molecule has 0 saturated carbocycles. The fourth-order valence-electron chi connectivity index (χ4n) is 2.13. The summed E-state index contributed by atoms with van der Waals surface area (Å²) in [7, 11) is 0. The third-order valence-electron chi connectivity index (χ3n) is 3.19. The molecule has 0 amide bonds. The van der Waals surface area contributed by atoms with Gasteiger partial charge < -0.3 is 10.6 Å². The second-order valence-electron chi connectivity index (χ2n) is 4.87. The van der Waals surface area contributed by atoms with Gasteiger partial charge in [-0.05, 0) is 24.3 Å². The Balaban J connectivity index is 1.63. The second-order valence-corrected chi connectivity index (χ2v) is 4.87. The number of nitrogens with one attached hydrogen (secondary N) is 2. The van der Waals surface area contributed by atoms with E-state index in [0.717, 1.165) is 5.39 Å². The highest BCUT2D eigenvalue weighted by Gasteiger charge is 2.04. The van der Waals surface area contributed by atoms with E-state index >= 15 is 0 Å². The maximum absolute atomic E-state index is 4.51. The minimum Gasteiger partial charge on any atom is -0.324 e. The Morgan fingerprint density at radius 2 is 1.12 bits per heavy atom. The number of pyridine rings is 2. The van der Waals surface area contributed by atoms with Crippen molar-refractivity contribution in [2.75, 3.05) is 10.6 Å². The molecule has 8 nitrogen and oxygen atoms in total. The van der Waals surface area contributed by atoms with E-state index in [9.17, 15) is 0 Å². The molecule has 0 radical (unpaired) electrons. The minimum absolute atomic E-state index is 0.609. The summed E-state index contributed by atoms with van der Waals surface area (Å²) in [6, 6.07) is 7.63. The van der Waals surface area contributed by atoms with Gasteiger partial charge in [0.05, 0.1) is 12.4 Å². The van der Waals surface area contributed by atoms with Crippen LogP contribution in [0.15, 0.2) is 61.4 Å². The van der Waals surface area contributed by atoms with Crippen molar-refractivity contribution in [3.05, 3.63) is 61.4 Å². The molecule has 0 aromatic carbocycles. The van der Waals surface area contributed by atoms with Gasteiger partial charge in [0, 0.05) is 30.2 Å². The molecular weight excluding hydrogens is 304 g/mol. The van der Waals surface area contributed by atoms with Gasteiger partial charge in [-0.2, -0.15) is 0 Å². The monoisotopic (exact) mass is 316 g/mol. The van der Waals surface area contributed by atoms with E-state index < -0.39 is 0 Å². The molecule has 4 rings (SSSR count). The van der Waals surface area contributed by atoms with Gasteiger partial charge in [-0.15, -0.1) is 0 Å². The molecule has 0 saturated heterocycles. The number of anilines is 4. The van der Waals surface area contributed by atoms with Gasteiger partial charge in [0.2, 0.25) is 0 Å². The van der Waals surface area contributed by atoms with Crippen LogP contribution in [-0.4, -0.2) is 29.9 Å². The van der Waals surface area contributed by atoms with Crippen molar-refractivity contribution in [1.29, 1.82) is 0 Å². The summed E-state index contributed by atoms with van der Waals surface area (Å²) >= 11 is 0. The summed E-state index contributed by atoms with van der Waals surface area (Å²) in [6.45, 7) is 0. The van der Waals surface area contributed by atoms with E-state index in [1.807, 2.05) is 24.3 Å². The smallest absolute Gasteiger partial charge is 0.163 e. The highest BCUT2D eigenvalue weighted by Crippen LogP contribution is 2.19. The Kier molecular flexibility index (Phi) is 3.61. The van der Waals surface area contributed by atoms with E-state index in [1.165, 1.54) is 0 Å². The molecular formula is C16H12N8. The Morgan fingerprint density at radius 1 is 0.583 bits per heavy atom. The van der Waals surface area contributed by atoms with Crippen LogP contribution in [0.25, 0.3) is 11.0 Å². The minimum atomic E-state index is 0.609. The van der Waals surface area contributed by atoms with E-state index in [4.69, 9.17) is 0 Å². The van der Waals surface area contributed by atoms with Crippen molar-refractivity contribution in [3.8, 4) is 0 Å². The molecule has 0 spiro atoms. The highest BCUT2D eigenvalue weighted by atomic mass is 15.1. The van der Waals surface area contributed by atoms with Gasteiger partial charge in [-0.1, -0.05) is 0 Å². The van der Waals surface area contributed by atoms with Gasteiger partial charge in [0.25, 0.3) is 0 Å². The number of hydrogen-bond donors (Lipinski definition) is 2. The molecule has 0 bridgehead atoms. The number of fused-ring (bicyclic) bond motifs is 1. The summed E-state index contributed by atoms with van der Waals surface area (Å²) in [6.07, 6.45) is 9.72. The molecule has 4 heterocycles. The van der Waals surface area contributed by atoms with Crippen LogP contribution < -0.4 is 10.6 Å². The molecule has 0 aliphatic rings. The lowest BCUT2D eigenvalue weighted by Crippen LogP contribution is -1.99. The lowest BCUT2D eigenvalue weighted by atomic mass is 10.3. The zero-order valence-corrected chi connectivity index (χ0v) is 12.5. The van der Waals surface area contributed by atoms with E-state index in [2.05, 4.69) is 40.5 Å². The second kappa shape index (κ2) is 6.21. The molecule has 24 heavy (non-hydrogen) atoms. The Morgan fingerprint density at radius 3 is 1.58 bits per heavy atom. The Bertz CT molecular complexity index is 883. The van der Waals surface area contributed by atoms with Crippen molar-refractivity contribution in [1.82, 2.24) is 29.9 Å². The van der Waals surface area contributed by atoms with Crippen molar-refractivity contribution in [2.45, 2.75) is 0 Å². The molecule has 4 aromatic heterocycles. The normalized spacial score (nSPS) is 10.5. The first-order valence-corrected chi connectivity index (χ1v) is 7.21. The van der Waals surface area contributed by atoms with Gasteiger partial charge in [-0.3, -0.25) is 9.97 Å². The van der Waals surface area contributed by atoms with Crippen LogP contribution in [0.2, 0.25) is 0 Å².